The molecule has 0 amide bonds. The minimum Gasteiger partial charge on any atom is -0.378 e. The molecule has 2 heteroatoms. The number of fused-ring (bicyclic) bond motifs is 3. The summed E-state index contributed by atoms with van der Waals surface area (Å²) in [5, 5.41) is 4.59. The Morgan fingerprint density at radius 3 is 2.58 bits per heavy atom. The Morgan fingerprint density at radius 1 is 0.846 bits per heavy atom. The molecule has 0 radical (unpaired) electrons. The molecular weight excluding hydrogens is 338 g/mol. The summed E-state index contributed by atoms with van der Waals surface area (Å²) < 4.78 is 0. The predicted octanol–water partition coefficient (Wildman–Crippen LogP) is 6.83. The quantitative estimate of drug-likeness (QED) is 0.495. The molecule has 2 aliphatic rings. The van der Waals surface area contributed by atoms with Gasteiger partial charge < -0.3 is 5.32 Å². The lowest BCUT2D eigenvalue weighted by Crippen LogP contribution is -2.29. The summed E-state index contributed by atoms with van der Waals surface area (Å²) >= 11 is 6.25. The van der Waals surface area contributed by atoms with Gasteiger partial charge in [-0.2, -0.15) is 0 Å². The Balaban J connectivity index is 1.57. The van der Waals surface area contributed by atoms with Gasteiger partial charge in [0, 0.05) is 16.6 Å². The SMILES string of the molecule is Clc1cccc([C@@H]2Nc3ccc(-c4ccccc4)cc3[C@@H]3C=CC[C@H]32)c1. The third kappa shape index (κ3) is 2.64. The first-order chi connectivity index (χ1) is 12.8. The van der Waals surface area contributed by atoms with Crippen molar-refractivity contribution >= 4 is 17.3 Å². The van der Waals surface area contributed by atoms with E-state index in [1.807, 2.05) is 12.1 Å². The fourth-order valence-electron chi connectivity index (χ4n) is 4.43. The molecule has 1 N–H and O–H groups in total. The van der Waals surface area contributed by atoms with E-state index < -0.39 is 0 Å². The number of rotatable bonds is 2. The Kier molecular flexibility index (Phi) is 3.83. The lowest BCUT2D eigenvalue weighted by atomic mass is 9.76. The lowest BCUT2D eigenvalue weighted by molar-refractivity contribution is 0.425. The summed E-state index contributed by atoms with van der Waals surface area (Å²) in [6.45, 7) is 0. The first kappa shape index (κ1) is 15.7. The highest BCUT2D eigenvalue weighted by molar-refractivity contribution is 6.30. The number of allylic oxidation sites excluding steroid dienone is 2. The van der Waals surface area contributed by atoms with Gasteiger partial charge in [0.25, 0.3) is 0 Å². The average molecular weight is 358 g/mol. The Labute approximate surface area is 159 Å². The van der Waals surface area contributed by atoms with E-state index in [4.69, 9.17) is 11.6 Å². The Bertz CT molecular complexity index is 977. The standard InChI is InChI=1S/C24H20ClN/c25-19-9-4-8-18(14-19)24-21-11-5-10-20(21)22-15-17(12-13-23(22)26-24)16-6-2-1-3-7-16/h1-10,12-15,20-21,24,26H,11H2/t20-,21-,24+/m1/s1. The van der Waals surface area contributed by atoms with Crippen molar-refractivity contribution in [2.45, 2.75) is 18.4 Å². The molecule has 0 fully saturated rings. The number of hydrogen-bond donors (Lipinski definition) is 1. The third-order valence-electron chi connectivity index (χ3n) is 5.68. The minimum atomic E-state index is 0.295. The third-order valence-corrected chi connectivity index (χ3v) is 5.91. The molecular formula is C24H20ClN. The van der Waals surface area contributed by atoms with Gasteiger partial charge in [0.2, 0.25) is 0 Å². The molecule has 0 aromatic heterocycles. The van der Waals surface area contributed by atoms with E-state index >= 15 is 0 Å². The minimum absolute atomic E-state index is 0.295. The van der Waals surface area contributed by atoms with Crippen molar-refractivity contribution in [1.29, 1.82) is 0 Å². The summed E-state index contributed by atoms with van der Waals surface area (Å²) in [5.74, 6) is 0.992. The summed E-state index contributed by atoms with van der Waals surface area (Å²) in [4.78, 5) is 0. The van der Waals surface area contributed by atoms with Crippen LogP contribution in [0.25, 0.3) is 11.1 Å². The number of hydrogen-bond acceptors (Lipinski definition) is 1. The molecule has 0 saturated carbocycles. The van der Waals surface area contributed by atoms with Crippen LogP contribution in [-0.2, 0) is 0 Å². The highest BCUT2D eigenvalue weighted by Gasteiger charge is 2.37. The molecule has 3 aromatic rings. The van der Waals surface area contributed by atoms with Crippen LogP contribution in [0.4, 0.5) is 5.69 Å². The van der Waals surface area contributed by atoms with Crippen LogP contribution >= 0.6 is 11.6 Å². The zero-order chi connectivity index (χ0) is 17.5. The van der Waals surface area contributed by atoms with Crippen molar-refractivity contribution in [3.63, 3.8) is 0 Å². The second-order valence-electron chi connectivity index (χ2n) is 7.20. The normalized spacial score (nSPS) is 23.2. The van der Waals surface area contributed by atoms with Crippen LogP contribution in [-0.4, -0.2) is 0 Å². The zero-order valence-electron chi connectivity index (χ0n) is 14.4. The molecule has 1 nitrogen and oxygen atoms in total. The molecule has 0 saturated heterocycles. The highest BCUT2D eigenvalue weighted by Crippen LogP contribution is 2.50. The Morgan fingerprint density at radius 2 is 1.73 bits per heavy atom. The van der Waals surface area contributed by atoms with Crippen molar-refractivity contribution in [2.24, 2.45) is 5.92 Å². The molecule has 0 unspecified atom stereocenters. The van der Waals surface area contributed by atoms with Gasteiger partial charge in [-0.3, -0.25) is 0 Å². The van der Waals surface area contributed by atoms with Crippen LogP contribution in [0.3, 0.4) is 0 Å². The van der Waals surface area contributed by atoms with Gasteiger partial charge >= 0.3 is 0 Å². The molecule has 3 aromatic carbocycles. The van der Waals surface area contributed by atoms with Crippen molar-refractivity contribution in [3.8, 4) is 11.1 Å². The smallest absolute Gasteiger partial charge is 0.0554 e. The summed E-state index contributed by atoms with van der Waals surface area (Å²) in [6, 6.07) is 26.0. The van der Waals surface area contributed by atoms with E-state index in [1.54, 1.807) is 0 Å². The van der Waals surface area contributed by atoms with Gasteiger partial charge in [-0.15, -0.1) is 0 Å². The lowest BCUT2D eigenvalue weighted by Gasteiger charge is -2.38. The molecule has 3 atom stereocenters. The van der Waals surface area contributed by atoms with E-state index in [-0.39, 0.29) is 0 Å². The fraction of sp³-hybridized carbons (Fsp3) is 0.167. The van der Waals surface area contributed by atoms with Crippen molar-refractivity contribution in [2.75, 3.05) is 5.32 Å². The van der Waals surface area contributed by atoms with Crippen LogP contribution in [0, 0.1) is 5.92 Å². The molecule has 1 aliphatic carbocycles. The van der Waals surface area contributed by atoms with Gasteiger partial charge in [0.05, 0.1) is 6.04 Å². The van der Waals surface area contributed by atoms with Crippen LogP contribution in [0.5, 0.6) is 0 Å². The second-order valence-corrected chi connectivity index (χ2v) is 7.63. The molecule has 1 heterocycles. The van der Waals surface area contributed by atoms with Gasteiger partial charge in [-0.25, -0.2) is 0 Å². The highest BCUT2D eigenvalue weighted by atomic mass is 35.5. The summed E-state index contributed by atoms with van der Waals surface area (Å²) in [6.07, 6.45) is 5.82. The number of nitrogens with one attached hydrogen (secondary N) is 1. The molecule has 0 spiro atoms. The molecule has 5 rings (SSSR count). The average Bonchev–Trinajstić information content (AvgIpc) is 3.18. The Hall–Kier alpha value is -2.51. The number of anilines is 1. The predicted molar refractivity (Wildman–Crippen MR) is 110 cm³/mol. The van der Waals surface area contributed by atoms with Gasteiger partial charge in [-0.1, -0.05) is 72.3 Å². The van der Waals surface area contributed by atoms with Crippen LogP contribution in [0.1, 0.15) is 29.5 Å². The van der Waals surface area contributed by atoms with E-state index in [9.17, 15) is 0 Å². The van der Waals surface area contributed by atoms with Crippen LogP contribution in [0.2, 0.25) is 5.02 Å². The van der Waals surface area contributed by atoms with Crippen LogP contribution < -0.4 is 5.32 Å². The van der Waals surface area contributed by atoms with E-state index in [1.165, 1.54) is 27.9 Å². The number of halogens is 1. The maximum atomic E-state index is 6.25. The maximum Gasteiger partial charge on any atom is 0.0554 e. The monoisotopic (exact) mass is 357 g/mol. The van der Waals surface area contributed by atoms with Crippen molar-refractivity contribution in [3.05, 3.63) is 101 Å². The summed E-state index contributed by atoms with van der Waals surface area (Å²) in [5.41, 5.74) is 6.47. The fourth-order valence-corrected chi connectivity index (χ4v) is 4.63. The van der Waals surface area contributed by atoms with E-state index in [0.29, 0.717) is 17.9 Å². The van der Waals surface area contributed by atoms with E-state index in [0.717, 1.165) is 11.4 Å². The second kappa shape index (κ2) is 6.34. The first-order valence-electron chi connectivity index (χ1n) is 9.17. The summed E-state index contributed by atoms with van der Waals surface area (Å²) in [7, 11) is 0. The largest absolute Gasteiger partial charge is 0.378 e. The molecule has 1 aliphatic heterocycles. The molecule has 0 bridgehead atoms. The van der Waals surface area contributed by atoms with Gasteiger partial charge in [0.15, 0.2) is 0 Å². The van der Waals surface area contributed by atoms with Crippen LogP contribution in [0.15, 0.2) is 84.9 Å². The zero-order valence-corrected chi connectivity index (χ0v) is 15.2. The van der Waals surface area contributed by atoms with Gasteiger partial charge in [0.1, 0.15) is 0 Å². The number of benzene rings is 3. The van der Waals surface area contributed by atoms with Crippen molar-refractivity contribution < 1.29 is 0 Å². The molecule has 26 heavy (non-hydrogen) atoms. The maximum absolute atomic E-state index is 6.25. The van der Waals surface area contributed by atoms with Gasteiger partial charge in [-0.05, 0) is 58.9 Å². The van der Waals surface area contributed by atoms with Crippen molar-refractivity contribution in [1.82, 2.24) is 0 Å². The van der Waals surface area contributed by atoms with E-state index in [2.05, 4.69) is 78.1 Å². The first-order valence-corrected chi connectivity index (χ1v) is 9.55. The molecule has 128 valence electrons. The topological polar surface area (TPSA) is 12.0 Å².